The van der Waals surface area contributed by atoms with E-state index in [0.717, 1.165) is 0 Å². The third-order valence-corrected chi connectivity index (χ3v) is 4.55. The average molecular weight is 375 g/mol. The van der Waals surface area contributed by atoms with E-state index >= 15 is 0 Å². The molecule has 7 nitrogen and oxygen atoms in total. The van der Waals surface area contributed by atoms with Crippen LogP contribution in [-0.2, 0) is 0 Å². The fourth-order valence-electron chi connectivity index (χ4n) is 3.19. The first-order chi connectivity index (χ1) is 13.6. The van der Waals surface area contributed by atoms with E-state index in [2.05, 4.69) is 21.4 Å². The molecule has 2 aromatic carbocycles. The fraction of sp³-hybridized carbons (Fsp3) is 0.238. The molecule has 0 saturated heterocycles. The van der Waals surface area contributed by atoms with E-state index in [1.807, 2.05) is 19.9 Å². The Balaban J connectivity index is 1.92. The van der Waals surface area contributed by atoms with E-state index in [-0.39, 0.29) is 17.6 Å². The quantitative estimate of drug-likeness (QED) is 0.708. The third-order valence-electron chi connectivity index (χ3n) is 4.55. The molecule has 0 fully saturated rings. The number of aromatic nitrogens is 2. The number of urea groups is 1. The zero-order valence-electron chi connectivity index (χ0n) is 15.8. The second-order valence-corrected chi connectivity index (χ2v) is 6.30. The van der Waals surface area contributed by atoms with Crippen LogP contribution in [0.1, 0.15) is 37.7 Å². The van der Waals surface area contributed by atoms with Crippen LogP contribution in [0.5, 0.6) is 0 Å². The summed E-state index contributed by atoms with van der Waals surface area (Å²) in [6.07, 6.45) is 0.584. The number of hydrogen-bond acceptors (Lipinski definition) is 4. The number of carbonyl (C=O) groups excluding carboxylic acids is 1. The average Bonchev–Trinajstić information content (AvgIpc) is 2.71. The van der Waals surface area contributed by atoms with Crippen molar-refractivity contribution in [1.29, 1.82) is 5.26 Å². The summed E-state index contributed by atoms with van der Waals surface area (Å²) >= 11 is 0. The van der Waals surface area contributed by atoms with Gasteiger partial charge in [0.1, 0.15) is 5.82 Å². The third kappa shape index (κ3) is 3.86. The van der Waals surface area contributed by atoms with Crippen molar-refractivity contribution in [2.24, 2.45) is 0 Å². The van der Waals surface area contributed by atoms with Crippen molar-refractivity contribution in [3.8, 4) is 6.07 Å². The van der Waals surface area contributed by atoms with Crippen molar-refractivity contribution in [3.63, 3.8) is 0 Å². The lowest BCUT2D eigenvalue weighted by Crippen LogP contribution is -2.39. The van der Waals surface area contributed by atoms with Crippen molar-refractivity contribution >= 4 is 22.6 Å². The summed E-state index contributed by atoms with van der Waals surface area (Å²) in [4.78, 5) is 34.3. The Morgan fingerprint density at radius 2 is 2.04 bits per heavy atom. The summed E-state index contributed by atoms with van der Waals surface area (Å²) in [7, 11) is 0. The summed E-state index contributed by atoms with van der Waals surface area (Å²) in [5, 5.41) is 12.4. The van der Waals surface area contributed by atoms with Gasteiger partial charge < -0.3 is 15.2 Å². The molecule has 1 aromatic heterocycles. The minimum atomic E-state index is -0.388. The molecule has 1 heterocycles. The van der Waals surface area contributed by atoms with Crippen LogP contribution < -0.4 is 10.9 Å². The maximum Gasteiger partial charge on any atom is 0.322 e. The molecule has 28 heavy (non-hydrogen) atoms. The number of fused-ring (bicyclic) bond motifs is 1. The minimum Gasteiger partial charge on any atom is -0.315 e. The Labute approximate surface area is 162 Å². The number of H-pyrrole nitrogens is 1. The van der Waals surface area contributed by atoms with Gasteiger partial charge in [-0.25, -0.2) is 9.78 Å². The highest BCUT2D eigenvalue weighted by Gasteiger charge is 2.25. The van der Waals surface area contributed by atoms with Crippen molar-refractivity contribution in [3.05, 3.63) is 70.3 Å². The van der Waals surface area contributed by atoms with Crippen molar-refractivity contribution in [1.82, 2.24) is 14.9 Å². The number of nitrogens with zero attached hydrogens (tertiary/aromatic N) is 3. The Hall–Kier alpha value is -3.66. The van der Waals surface area contributed by atoms with Gasteiger partial charge in [0, 0.05) is 12.2 Å². The summed E-state index contributed by atoms with van der Waals surface area (Å²) < 4.78 is 0. The molecule has 0 aliphatic heterocycles. The molecular formula is C21H21N5O2. The Bertz CT molecular complexity index is 1100. The Morgan fingerprint density at radius 1 is 1.25 bits per heavy atom. The number of benzene rings is 2. The lowest BCUT2D eigenvalue weighted by Gasteiger charge is -2.29. The zero-order valence-corrected chi connectivity index (χ0v) is 15.8. The zero-order chi connectivity index (χ0) is 20.1. The molecule has 0 radical (unpaired) electrons. The standard InChI is InChI=1S/C21H21N5O2/c1-3-18(19-24-17-11-6-5-10-16(17)20(27)25-19)26(4-2)21(28)23-15-9-7-8-14(12-15)13-22/h5-12,18H,3-4H2,1-2H3,(H,23,28)(H,24,25,27)/t18-/m1/s1. The molecule has 2 amide bonds. The van der Waals surface area contributed by atoms with Crippen LogP contribution in [-0.4, -0.2) is 27.4 Å². The fourth-order valence-corrected chi connectivity index (χ4v) is 3.19. The highest BCUT2D eigenvalue weighted by molar-refractivity contribution is 5.89. The predicted octanol–water partition coefficient (Wildman–Crippen LogP) is 3.80. The first-order valence-corrected chi connectivity index (χ1v) is 9.14. The summed E-state index contributed by atoms with van der Waals surface area (Å²) in [5.41, 5.74) is 1.38. The van der Waals surface area contributed by atoms with Crippen molar-refractivity contribution < 1.29 is 4.79 Å². The molecule has 0 spiro atoms. The van der Waals surface area contributed by atoms with Gasteiger partial charge in [-0.15, -0.1) is 0 Å². The van der Waals surface area contributed by atoms with Gasteiger partial charge in [0.15, 0.2) is 0 Å². The molecule has 3 aromatic rings. The number of para-hydroxylation sites is 1. The number of aromatic amines is 1. The lowest BCUT2D eigenvalue weighted by atomic mass is 10.1. The summed E-state index contributed by atoms with van der Waals surface area (Å²) in [6, 6.07) is 15.2. The summed E-state index contributed by atoms with van der Waals surface area (Å²) in [6.45, 7) is 4.23. The Kier molecular flexibility index (Phi) is 5.70. The lowest BCUT2D eigenvalue weighted by molar-refractivity contribution is 0.186. The van der Waals surface area contributed by atoms with Crippen molar-refractivity contribution in [2.75, 3.05) is 11.9 Å². The Morgan fingerprint density at radius 3 is 2.75 bits per heavy atom. The monoisotopic (exact) mass is 375 g/mol. The highest BCUT2D eigenvalue weighted by Crippen LogP contribution is 2.23. The van der Waals surface area contributed by atoms with Gasteiger partial charge in [-0.2, -0.15) is 5.26 Å². The first-order valence-electron chi connectivity index (χ1n) is 9.14. The van der Waals surface area contributed by atoms with Crippen LogP contribution in [0.15, 0.2) is 53.3 Å². The second-order valence-electron chi connectivity index (χ2n) is 6.30. The molecule has 0 saturated carbocycles. The number of carbonyl (C=O) groups is 1. The number of nitrogens with one attached hydrogen (secondary N) is 2. The molecule has 1 atom stereocenters. The molecule has 3 rings (SSSR count). The molecule has 0 aliphatic rings. The number of amides is 2. The highest BCUT2D eigenvalue weighted by atomic mass is 16.2. The predicted molar refractivity (Wildman–Crippen MR) is 108 cm³/mol. The van der Waals surface area contributed by atoms with E-state index in [4.69, 9.17) is 5.26 Å². The van der Waals surface area contributed by atoms with Crippen LogP contribution in [0.4, 0.5) is 10.5 Å². The molecule has 0 bridgehead atoms. The van der Waals surface area contributed by atoms with Crippen LogP contribution in [0.25, 0.3) is 10.9 Å². The van der Waals surface area contributed by atoms with Gasteiger partial charge >= 0.3 is 6.03 Å². The largest absolute Gasteiger partial charge is 0.322 e. The SMILES string of the molecule is CC[C@H](c1nc2ccccc2c(=O)[nH]1)N(CC)C(=O)Nc1cccc(C#N)c1. The number of rotatable bonds is 5. The minimum absolute atomic E-state index is 0.225. The molecule has 0 unspecified atom stereocenters. The van der Waals surface area contributed by atoms with Crippen LogP contribution in [0, 0.1) is 11.3 Å². The van der Waals surface area contributed by atoms with Gasteiger partial charge in [0.2, 0.25) is 0 Å². The normalized spacial score (nSPS) is 11.6. The molecule has 2 N–H and O–H groups in total. The smallest absolute Gasteiger partial charge is 0.315 e. The first kappa shape index (κ1) is 19.1. The van der Waals surface area contributed by atoms with Gasteiger partial charge in [0.05, 0.1) is 28.6 Å². The summed E-state index contributed by atoms with van der Waals surface area (Å²) in [5.74, 6) is 0.453. The molecule has 142 valence electrons. The van der Waals surface area contributed by atoms with Gasteiger partial charge in [0.25, 0.3) is 5.56 Å². The second kappa shape index (κ2) is 8.35. The number of hydrogen-bond donors (Lipinski definition) is 2. The maximum absolute atomic E-state index is 12.9. The molecular weight excluding hydrogens is 354 g/mol. The van der Waals surface area contributed by atoms with E-state index in [1.54, 1.807) is 47.4 Å². The molecule has 0 aliphatic carbocycles. The van der Waals surface area contributed by atoms with E-state index in [0.29, 0.717) is 40.9 Å². The van der Waals surface area contributed by atoms with E-state index in [1.165, 1.54) is 0 Å². The topological polar surface area (TPSA) is 102 Å². The van der Waals surface area contributed by atoms with Crippen LogP contribution in [0.2, 0.25) is 0 Å². The van der Waals surface area contributed by atoms with Gasteiger partial charge in [-0.05, 0) is 43.7 Å². The molecule has 7 heteroatoms. The van der Waals surface area contributed by atoms with E-state index in [9.17, 15) is 9.59 Å². The van der Waals surface area contributed by atoms with Gasteiger partial charge in [-0.3, -0.25) is 4.79 Å². The van der Waals surface area contributed by atoms with E-state index < -0.39 is 0 Å². The number of anilines is 1. The van der Waals surface area contributed by atoms with Crippen LogP contribution >= 0.6 is 0 Å². The maximum atomic E-state index is 12.9. The van der Waals surface area contributed by atoms with Gasteiger partial charge in [-0.1, -0.05) is 25.1 Å². The van der Waals surface area contributed by atoms with Crippen molar-refractivity contribution in [2.45, 2.75) is 26.3 Å². The number of nitriles is 1. The van der Waals surface area contributed by atoms with Crippen LogP contribution in [0.3, 0.4) is 0 Å².